The van der Waals surface area contributed by atoms with E-state index in [9.17, 15) is 14.4 Å². The Hall–Kier alpha value is -2.25. The van der Waals surface area contributed by atoms with Gasteiger partial charge >= 0.3 is 11.9 Å². The summed E-state index contributed by atoms with van der Waals surface area (Å²) in [7, 11) is 0. The van der Waals surface area contributed by atoms with E-state index in [-0.39, 0.29) is 30.9 Å². The fourth-order valence-electron chi connectivity index (χ4n) is 4.59. The molecule has 2 aliphatic heterocycles. The molecule has 2 atom stereocenters. The number of carbonyl (C=O) groups excluding carboxylic acids is 3. The summed E-state index contributed by atoms with van der Waals surface area (Å²) in [6.07, 6.45) is 2.59. The highest BCUT2D eigenvalue weighted by molar-refractivity contribution is 6.06. The van der Waals surface area contributed by atoms with E-state index in [1.54, 1.807) is 6.92 Å². The summed E-state index contributed by atoms with van der Waals surface area (Å²) in [5.41, 5.74) is -0.142. The Balaban J connectivity index is 1.54. The zero-order valence-corrected chi connectivity index (χ0v) is 18.6. The molecule has 2 aliphatic rings. The van der Waals surface area contributed by atoms with Gasteiger partial charge in [0.25, 0.3) is 0 Å². The minimum absolute atomic E-state index is 0.0803. The second-order valence-electron chi connectivity index (χ2n) is 8.53. The summed E-state index contributed by atoms with van der Waals surface area (Å²) >= 11 is 0. The van der Waals surface area contributed by atoms with Crippen LogP contribution in [0.2, 0.25) is 0 Å². The van der Waals surface area contributed by atoms with E-state index >= 15 is 0 Å². The van der Waals surface area contributed by atoms with Crippen LogP contribution < -0.4 is 5.32 Å². The van der Waals surface area contributed by atoms with Gasteiger partial charge in [0.1, 0.15) is 12.0 Å². The van der Waals surface area contributed by atoms with Crippen molar-refractivity contribution in [3.05, 3.63) is 35.9 Å². The predicted octanol–water partition coefficient (Wildman–Crippen LogP) is 2.33. The highest BCUT2D eigenvalue weighted by Gasteiger charge is 2.50. The minimum Gasteiger partial charge on any atom is -0.465 e. The number of esters is 2. The van der Waals surface area contributed by atoms with Gasteiger partial charge < -0.3 is 14.8 Å². The number of likely N-dealkylation sites (tertiary alicyclic amines) is 1. The lowest BCUT2D eigenvalue weighted by Crippen LogP contribution is -2.58. The number of ketones is 1. The molecule has 0 aliphatic carbocycles. The second kappa shape index (κ2) is 10.9. The van der Waals surface area contributed by atoms with Gasteiger partial charge in [0, 0.05) is 6.54 Å². The molecule has 0 radical (unpaired) electrons. The number of rotatable bonds is 8. The largest absolute Gasteiger partial charge is 0.465 e. The summed E-state index contributed by atoms with van der Waals surface area (Å²) in [5.74, 6) is -0.832. The topological polar surface area (TPSA) is 84.9 Å². The molecule has 170 valence electrons. The van der Waals surface area contributed by atoms with Crippen molar-refractivity contribution in [2.75, 3.05) is 32.8 Å². The maximum atomic E-state index is 13.4. The van der Waals surface area contributed by atoms with Crippen molar-refractivity contribution in [3.8, 4) is 0 Å². The molecule has 31 heavy (non-hydrogen) atoms. The summed E-state index contributed by atoms with van der Waals surface area (Å²) in [6, 6.07) is 9.24. The number of piperidine rings is 2. The van der Waals surface area contributed by atoms with Crippen LogP contribution in [0.25, 0.3) is 0 Å². The van der Waals surface area contributed by atoms with E-state index in [4.69, 9.17) is 9.47 Å². The standard InChI is InChI=1S/C24H34N2O5/c1-3-30-23(29)24(12-7-13-25-17-24)21(27)18(2)26-14-10-20(11-15-26)22(28)31-16-19-8-5-4-6-9-19/h4-6,8-9,18,20,25H,3,7,10-17H2,1-2H3. The van der Waals surface area contributed by atoms with Gasteiger partial charge in [-0.15, -0.1) is 0 Å². The third-order valence-corrected chi connectivity index (χ3v) is 6.54. The maximum Gasteiger partial charge on any atom is 0.321 e. The lowest BCUT2D eigenvalue weighted by atomic mass is 9.74. The number of nitrogens with zero attached hydrogens (tertiary/aromatic N) is 1. The molecule has 3 rings (SSSR count). The van der Waals surface area contributed by atoms with Crippen molar-refractivity contribution in [3.63, 3.8) is 0 Å². The number of hydrogen-bond donors (Lipinski definition) is 1. The number of ether oxygens (including phenoxy) is 2. The Bertz CT molecular complexity index is 752. The summed E-state index contributed by atoms with van der Waals surface area (Å²) in [4.78, 5) is 40.7. The first-order valence-electron chi connectivity index (χ1n) is 11.3. The van der Waals surface area contributed by atoms with Gasteiger partial charge in [0.05, 0.1) is 18.6 Å². The predicted molar refractivity (Wildman–Crippen MR) is 116 cm³/mol. The van der Waals surface area contributed by atoms with Crippen molar-refractivity contribution in [2.24, 2.45) is 11.3 Å². The van der Waals surface area contributed by atoms with E-state index in [0.717, 1.165) is 18.5 Å². The average molecular weight is 431 g/mol. The lowest BCUT2D eigenvalue weighted by molar-refractivity contribution is -0.163. The van der Waals surface area contributed by atoms with Crippen molar-refractivity contribution < 1.29 is 23.9 Å². The van der Waals surface area contributed by atoms with Crippen LogP contribution in [-0.4, -0.2) is 61.4 Å². The minimum atomic E-state index is -1.11. The Morgan fingerprint density at radius 1 is 1.16 bits per heavy atom. The van der Waals surface area contributed by atoms with Gasteiger partial charge in [-0.1, -0.05) is 30.3 Å². The van der Waals surface area contributed by atoms with Crippen LogP contribution in [0.5, 0.6) is 0 Å². The second-order valence-corrected chi connectivity index (χ2v) is 8.53. The van der Waals surface area contributed by atoms with Gasteiger partial charge in [0.2, 0.25) is 0 Å². The van der Waals surface area contributed by atoms with Crippen molar-refractivity contribution in [1.29, 1.82) is 0 Å². The molecule has 0 aromatic heterocycles. The number of carbonyl (C=O) groups is 3. The van der Waals surface area contributed by atoms with Crippen molar-refractivity contribution in [2.45, 2.75) is 52.2 Å². The molecule has 0 spiro atoms. The van der Waals surface area contributed by atoms with Crippen LogP contribution in [0.1, 0.15) is 45.1 Å². The Morgan fingerprint density at radius 3 is 2.48 bits per heavy atom. The Labute approximate surface area is 184 Å². The molecule has 7 heteroatoms. The number of nitrogens with one attached hydrogen (secondary N) is 1. The molecule has 2 heterocycles. The molecule has 1 aromatic carbocycles. The van der Waals surface area contributed by atoms with Crippen LogP contribution in [0, 0.1) is 11.3 Å². The summed E-state index contributed by atoms with van der Waals surface area (Å²) < 4.78 is 10.8. The summed E-state index contributed by atoms with van der Waals surface area (Å²) in [6.45, 7) is 6.57. The van der Waals surface area contributed by atoms with Crippen LogP contribution in [0.15, 0.2) is 30.3 Å². The maximum absolute atomic E-state index is 13.4. The van der Waals surface area contributed by atoms with E-state index in [0.29, 0.717) is 38.9 Å². The molecule has 2 saturated heterocycles. The average Bonchev–Trinajstić information content (AvgIpc) is 2.83. The molecule has 2 fully saturated rings. The van der Waals surface area contributed by atoms with Crippen molar-refractivity contribution >= 4 is 17.7 Å². The quantitative estimate of drug-likeness (QED) is 0.500. The molecule has 1 aromatic rings. The summed E-state index contributed by atoms with van der Waals surface area (Å²) in [5, 5.41) is 3.20. The fourth-order valence-corrected chi connectivity index (χ4v) is 4.59. The highest BCUT2D eigenvalue weighted by atomic mass is 16.5. The van der Waals surface area contributed by atoms with Crippen LogP contribution in [-0.2, 0) is 30.5 Å². The molecular weight excluding hydrogens is 396 g/mol. The fraction of sp³-hybridized carbons (Fsp3) is 0.625. The van der Waals surface area contributed by atoms with Gasteiger partial charge in [-0.2, -0.15) is 0 Å². The first kappa shape index (κ1) is 23.4. The van der Waals surface area contributed by atoms with Crippen LogP contribution in [0.3, 0.4) is 0 Å². The Kier molecular flexibility index (Phi) is 8.21. The number of benzene rings is 1. The SMILES string of the molecule is CCOC(=O)C1(C(=O)C(C)N2CCC(C(=O)OCc3ccccc3)CC2)CCCNC1. The zero-order valence-electron chi connectivity index (χ0n) is 18.6. The smallest absolute Gasteiger partial charge is 0.321 e. The van der Waals surface area contributed by atoms with E-state index < -0.39 is 17.4 Å². The van der Waals surface area contributed by atoms with Crippen molar-refractivity contribution in [1.82, 2.24) is 10.2 Å². The van der Waals surface area contributed by atoms with Gasteiger partial charge in [-0.3, -0.25) is 19.3 Å². The van der Waals surface area contributed by atoms with Gasteiger partial charge in [-0.05, 0) is 64.7 Å². The molecule has 0 saturated carbocycles. The van der Waals surface area contributed by atoms with Gasteiger partial charge in [-0.25, -0.2) is 0 Å². The molecular formula is C24H34N2O5. The monoisotopic (exact) mass is 430 g/mol. The molecule has 2 unspecified atom stereocenters. The van der Waals surface area contributed by atoms with Crippen LogP contribution in [0.4, 0.5) is 0 Å². The molecule has 7 nitrogen and oxygen atoms in total. The lowest BCUT2D eigenvalue weighted by Gasteiger charge is -2.40. The molecule has 1 N–H and O–H groups in total. The zero-order chi connectivity index (χ0) is 22.3. The number of Topliss-reactive ketones (excluding diaryl/α,β-unsaturated/α-hetero) is 1. The first-order chi connectivity index (χ1) is 15.0. The first-order valence-corrected chi connectivity index (χ1v) is 11.3. The normalized spacial score (nSPS) is 23.7. The highest BCUT2D eigenvalue weighted by Crippen LogP contribution is 2.33. The van der Waals surface area contributed by atoms with Gasteiger partial charge in [0.15, 0.2) is 5.78 Å². The van der Waals surface area contributed by atoms with Crippen LogP contribution >= 0.6 is 0 Å². The molecule has 0 amide bonds. The van der Waals surface area contributed by atoms with E-state index in [1.807, 2.05) is 37.3 Å². The van der Waals surface area contributed by atoms with E-state index in [2.05, 4.69) is 10.2 Å². The van der Waals surface area contributed by atoms with E-state index in [1.165, 1.54) is 0 Å². The number of hydrogen-bond acceptors (Lipinski definition) is 7. The third kappa shape index (κ3) is 5.52. The third-order valence-electron chi connectivity index (χ3n) is 6.54. The molecule has 0 bridgehead atoms. The Morgan fingerprint density at radius 2 is 1.87 bits per heavy atom.